The van der Waals surface area contributed by atoms with Gasteiger partial charge in [-0.1, -0.05) is 82.6 Å². The summed E-state index contributed by atoms with van der Waals surface area (Å²) in [6.45, 7) is 9.02. The van der Waals surface area contributed by atoms with Crippen LogP contribution in [0.3, 0.4) is 0 Å². The van der Waals surface area contributed by atoms with Gasteiger partial charge in [0.05, 0.1) is 12.2 Å². The van der Waals surface area contributed by atoms with Gasteiger partial charge in [0.15, 0.2) is 6.29 Å². The van der Waals surface area contributed by atoms with Crippen LogP contribution in [0.15, 0.2) is 36.4 Å². The van der Waals surface area contributed by atoms with E-state index in [1.54, 1.807) is 0 Å². The number of benzene rings is 1. The molecule has 2 atom stereocenters. The molecular formula is C46H78N2O5. The summed E-state index contributed by atoms with van der Waals surface area (Å²) in [4.78, 5) is 13.2. The van der Waals surface area contributed by atoms with Crippen LogP contribution in [0.1, 0.15) is 183 Å². The zero-order chi connectivity index (χ0) is 37.4. The molecule has 0 saturated carbocycles. The minimum Gasteiger partial charge on any atom is -0.462 e. The van der Waals surface area contributed by atoms with Gasteiger partial charge in [-0.25, -0.2) is 4.79 Å². The summed E-state index contributed by atoms with van der Waals surface area (Å²) in [5, 5.41) is 7.12. The van der Waals surface area contributed by atoms with Gasteiger partial charge in [0.2, 0.25) is 0 Å². The number of carbonyl (C=O) groups is 1. The average Bonchev–Trinajstić information content (AvgIpc) is 3.18. The number of rotatable bonds is 31. The van der Waals surface area contributed by atoms with Gasteiger partial charge >= 0.3 is 5.97 Å². The molecule has 2 unspecified atom stereocenters. The van der Waals surface area contributed by atoms with Crippen LogP contribution in [0.2, 0.25) is 0 Å². The third-order valence-corrected chi connectivity index (χ3v) is 10.6. The topological polar surface area (TPSA) is 78.1 Å². The molecule has 53 heavy (non-hydrogen) atoms. The number of nitrogens with one attached hydrogen (secondary N) is 2. The van der Waals surface area contributed by atoms with Gasteiger partial charge in [0, 0.05) is 32.1 Å². The second kappa shape index (κ2) is 31.1. The molecule has 2 fully saturated rings. The van der Waals surface area contributed by atoms with Crippen LogP contribution in [-0.4, -0.2) is 58.0 Å². The summed E-state index contributed by atoms with van der Waals surface area (Å²) >= 11 is 0. The van der Waals surface area contributed by atoms with E-state index < -0.39 is 0 Å². The first-order valence-electron chi connectivity index (χ1n) is 22.1. The number of anilines is 1. The maximum atomic E-state index is 13.2. The van der Waals surface area contributed by atoms with Crippen LogP contribution in [0.25, 0.3) is 0 Å². The standard InChI is InChI=1S/C46H78N2O5/c1-3-4-5-6-7-8-9-10-11-12-13-14-15-16-17-18-19-20-29-41-38-42(46(49)53-37-28-24-33-48-44-30-21-25-34-50-44)39-43(40(41)2)47-32-23-27-36-52-45-31-22-26-35-51-45/h7-8,10-11,38-39,44-45,47-48H,3-6,9,12-37H2,1-2H3/b8-7-,11-10-. The first-order chi connectivity index (χ1) is 26.2. The van der Waals surface area contributed by atoms with Crippen molar-refractivity contribution in [2.45, 2.75) is 187 Å². The van der Waals surface area contributed by atoms with E-state index >= 15 is 0 Å². The molecule has 0 amide bonds. The Labute approximate surface area is 324 Å². The highest BCUT2D eigenvalue weighted by Crippen LogP contribution is 2.25. The zero-order valence-corrected chi connectivity index (χ0v) is 34.1. The Morgan fingerprint density at radius 2 is 1.42 bits per heavy atom. The summed E-state index contributed by atoms with van der Waals surface area (Å²) < 4.78 is 23.1. The number of carbonyl (C=O) groups excluding carboxylic acids is 1. The number of hydrogen-bond donors (Lipinski definition) is 2. The predicted molar refractivity (Wildman–Crippen MR) is 222 cm³/mol. The Morgan fingerprint density at radius 1 is 0.736 bits per heavy atom. The molecule has 0 radical (unpaired) electrons. The largest absolute Gasteiger partial charge is 0.462 e. The van der Waals surface area contributed by atoms with Crippen LogP contribution in [0.4, 0.5) is 5.69 Å². The lowest BCUT2D eigenvalue weighted by atomic mass is 9.97. The summed E-state index contributed by atoms with van der Waals surface area (Å²) in [5.74, 6) is -0.219. The van der Waals surface area contributed by atoms with Crippen molar-refractivity contribution in [1.82, 2.24) is 5.32 Å². The first kappa shape index (κ1) is 45.2. The highest BCUT2D eigenvalue weighted by Gasteiger charge is 2.16. The van der Waals surface area contributed by atoms with Crippen molar-refractivity contribution in [3.8, 4) is 0 Å². The average molecular weight is 739 g/mol. The van der Waals surface area contributed by atoms with Crippen molar-refractivity contribution in [2.75, 3.05) is 44.8 Å². The number of allylic oxidation sites excluding steroid dienone is 4. The number of ether oxygens (including phenoxy) is 4. The normalized spacial score (nSPS) is 17.9. The van der Waals surface area contributed by atoms with Crippen molar-refractivity contribution in [3.05, 3.63) is 53.1 Å². The fraction of sp³-hybridized carbons (Fsp3) is 0.761. The van der Waals surface area contributed by atoms with E-state index in [-0.39, 0.29) is 18.5 Å². The lowest BCUT2D eigenvalue weighted by molar-refractivity contribution is -0.162. The molecule has 2 N–H and O–H groups in total. The van der Waals surface area contributed by atoms with Crippen molar-refractivity contribution in [3.63, 3.8) is 0 Å². The molecule has 0 aromatic heterocycles. The molecule has 3 rings (SSSR count). The molecule has 7 nitrogen and oxygen atoms in total. The van der Waals surface area contributed by atoms with E-state index in [0.29, 0.717) is 12.2 Å². The van der Waals surface area contributed by atoms with Gasteiger partial charge in [-0.05, 0) is 146 Å². The Balaban J connectivity index is 1.34. The minimum absolute atomic E-state index is 0.0264. The lowest BCUT2D eigenvalue weighted by Crippen LogP contribution is -2.35. The number of aryl methyl sites for hydroxylation is 1. The Morgan fingerprint density at radius 3 is 2.13 bits per heavy atom. The molecule has 1 aromatic carbocycles. The lowest BCUT2D eigenvalue weighted by Gasteiger charge is -2.23. The van der Waals surface area contributed by atoms with Gasteiger partial charge in [-0.2, -0.15) is 0 Å². The first-order valence-corrected chi connectivity index (χ1v) is 22.1. The van der Waals surface area contributed by atoms with E-state index in [4.69, 9.17) is 18.9 Å². The SMILES string of the molecule is CCCCC/C=C\C/C=C\CCCCCCCCCCc1cc(C(=O)OCCCCNC2CCCCO2)cc(NCCCCOC2CCCCO2)c1C. The molecule has 1 aromatic rings. The van der Waals surface area contributed by atoms with E-state index in [1.165, 1.54) is 101 Å². The van der Waals surface area contributed by atoms with Crippen molar-refractivity contribution in [2.24, 2.45) is 0 Å². The van der Waals surface area contributed by atoms with Crippen LogP contribution < -0.4 is 10.6 Å². The summed E-state index contributed by atoms with van der Waals surface area (Å²) in [6.07, 6.45) is 38.9. The quantitative estimate of drug-likeness (QED) is 0.0446. The Kier molecular flexibility index (Phi) is 26.5. The predicted octanol–water partition coefficient (Wildman–Crippen LogP) is 11.9. The smallest absolute Gasteiger partial charge is 0.338 e. The van der Waals surface area contributed by atoms with E-state index in [2.05, 4.69) is 54.9 Å². The molecule has 0 bridgehead atoms. The molecule has 2 aliphatic rings. The summed E-state index contributed by atoms with van der Waals surface area (Å²) in [5.41, 5.74) is 4.22. The molecule has 2 saturated heterocycles. The Hall–Kier alpha value is -2.19. The monoisotopic (exact) mass is 739 g/mol. The van der Waals surface area contributed by atoms with Gasteiger partial charge in [0.1, 0.15) is 6.23 Å². The molecular weight excluding hydrogens is 661 g/mol. The van der Waals surface area contributed by atoms with Crippen molar-refractivity contribution < 1.29 is 23.7 Å². The molecule has 302 valence electrons. The molecule has 2 aliphatic heterocycles. The zero-order valence-electron chi connectivity index (χ0n) is 34.1. The van der Waals surface area contributed by atoms with Gasteiger partial charge in [-0.3, -0.25) is 5.32 Å². The van der Waals surface area contributed by atoms with Crippen molar-refractivity contribution >= 4 is 11.7 Å². The van der Waals surface area contributed by atoms with E-state index in [1.807, 2.05) is 6.07 Å². The molecule has 2 heterocycles. The van der Waals surface area contributed by atoms with Gasteiger partial charge < -0.3 is 24.3 Å². The maximum absolute atomic E-state index is 13.2. The van der Waals surface area contributed by atoms with E-state index in [9.17, 15) is 4.79 Å². The molecule has 0 aliphatic carbocycles. The summed E-state index contributed by atoms with van der Waals surface area (Å²) in [6, 6.07) is 4.08. The third kappa shape index (κ3) is 22.1. The van der Waals surface area contributed by atoms with Gasteiger partial charge in [0.25, 0.3) is 0 Å². The van der Waals surface area contributed by atoms with Crippen LogP contribution >= 0.6 is 0 Å². The Bertz CT molecular complexity index is 1110. The number of hydrogen-bond acceptors (Lipinski definition) is 7. The fourth-order valence-corrected chi connectivity index (χ4v) is 7.14. The number of esters is 1. The molecule has 0 spiro atoms. The summed E-state index contributed by atoms with van der Waals surface area (Å²) in [7, 11) is 0. The van der Waals surface area contributed by atoms with Crippen LogP contribution in [-0.2, 0) is 25.4 Å². The second-order valence-electron chi connectivity index (χ2n) is 15.3. The van der Waals surface area contributed by atoms with Crippen LogP contribution in [0, 0.1) is 6.92 Å². The highest BCUT2D eigenvalue weighted by atomic mass is 16.7. The highest BCUT2D eigenvalue weighted by molar-refractivity contribution is 5.91. The second-order valence-corrected chi connectivity index (χ2v) is 15.3. The van der Waals surface area contributed by atoms with E-state index in [0.717, 1.165) is 109 Å². The fourth-order valence-electron chi connectivity index (χ4n) is 7.14. The van der Waals surface area contributed by atoms with Gasteiger partial charge in [-0.15, -0.1) is 0 Å². The third-order valence-electron chi connectivity index (χ3n) is 10.6. The number of unbranched alkanes of at least 4 members (excludes halogenated alkanes) is 13. The van der Waals surface area contributed by atoms with Crippen molar-refractivity contribution in [1.29, 1.82) is 0 Å². The maximum Gasteiger partial charge on any atom is 0.338 e. The molecule has 7 heteroatoms. The minimum atomic E-state index is -0.219. The van der Waals surface area contributed by atoms with Crippen LogP contribution in [0.5, 0.6) is 0 Å².